The van der Waals surface area contributed by atoms with Crippen LogP contribution < -0.4 is 4.74 Å². The minimum absolute atomic E-state index is 0.0104. The molecule has 2 aliphatic rings. The average molecular weight is 464 g/mol. The zero-order valence-corrected chi connectivity index (χ0v) is 20.2. The standard InChI is InChI=1S/C28H33NO5/c1-4-33-23-13-11-20(12-14-23)25-24(27(31)28(32)29(25)15-16-34-18(2)3)26(30)22-10-9-19-7-5-6-8-21(19)17-22/h9-14,17-18,25,30H,4-8,15-16H2,1-3H3/b26-24-. The lowest BCUT2D eigenvalue weighted by Gasteiger charge is -2.26. The van der Waals surface area contributed by atoms with Crippen molar-refractivity contribution in [2.24, 2.45) is 0 Å². The molecule has 1 N–H and O–H groups in total. The van der Waals surface area contributed by atoms with Crippen LogP contribution in [0.3, 0.4) is 0 Å². The number of aliphatic hydroxyl groups excluding tert-OH is 1. The Morgan fingerprint density at radius 2 is 1.76 bits per heavy atom. The van der Waals surface area contributed by atoms with Gasteiger partial charge in [-0.1, -0.05) is 24.3 Å². The Labute approximate surface area is 201 Å². The summed E-state index contributed by atoms with van der Waals surface area (Å²) >= 11 is 0. The molecule has 1 unspecified atom stereocenters. The van der Waals surface area contributed by atoms with Gasteiger partial charge in [0.2, 0.25) is 0 Å². The highest BCUT2D eigenvalue weighted by Crippen LogP contribution is 2.40. The first-order valence-corrected chi connectivity index (χ1v) is 12.2. The molecule has 1 amide bonds. The summed E-state index contributed by atoms with van der Waals surface area (Å²) in [6.07, 6.45) is 4.28. The number of nitrogens with zero attached hydrogens (tertiary/aromatic N) is 1. The Bertz CT molecular complexity index is 1090. The molecule has 1 heterocycles. The van der Waals surface area contributed by atoms with E-state index in [4.69, 9.17) is 9.47 Å². The van der Waals surface area contributed by atoms with E-state index in [1.807, 2.05) is 63.2 Å². The highest BCUT2D eigenvalue weighted by molar-refractivity contribution is 6.46. The maximum absolute atomic E-state index is 13.2. The highest BCUT2D eigenvalue weighted by Gasteiger charge is 2.46. The SMILES string of the molecule is CCOc1ccc(C2/C(=C(/O)c3ccc4c(c3)CCCC4)C(=O)C(=O)N2CCOC(C)C)cc1. The van der Waals surface area contributed by atoms with Crippen LogP contribution in [0.5, 0.6) is 5.75 Å². The number of aliphatic hydroxyl groups is 1. The van der Waals surface area contributed by atoms with Gasteiger partial charge in [0, 0.05) is 12.1 Å². The number of Topliss-reactive ketones (excluding diaryl/α,β-unsaturated/α-hetero) is 1. The van der Waals surface area contributed by atoms with Gasteiger partial charge < -0.3 is 19.5 Å². The van der Waals surface area contributed by atoms with Gasteiger partial charge in [0.1, 0.15) is 11.5 Å². The molecule has 34 heavy (non-hydrogen) atoms. The Balaban J connectivity index is 1.76. The van der Waals surface area contributed by atoms with Crippen molar-refractivity contribution in [2.75, 3.05) is 19.8 Å². The number of ketones is 1. The molecule has 6 nitrogen and oxygen atoms in total. The number of amides is 1. The number of rotatable bonds is 8. The van der Waals surface area contributed by atoms with Gasteiger partial charge in [-0.2, -0.15) is 0 Å². The molecule has 1 fully saturated rings. The van der Waals surface area contributed by atoms with Crippen molar-refractivity contribution >= 4 is 17.4 Å². The topological polar surface area (TPSA) is 76.1 Å². The first kappa shape index (κ1) is 24.0. The van der Waals surface area contributed by atoms with E-state index in [2.05, 4.69) is 0 Å². The summed E-state index contributed by atoms with van der Waals surface area (Å²) in [5.74, 6) is -0.705. The van der Waals surface area contributed by atoms with E-state index in [0.717, 1.165) is 24.8 Å². The Morgan fingerprint density at radius 3 is 2.44 bits per heavy atom. The number of benzene rings is 2. The maximum Gasteiger partial charge on any atom is 0.295 e. The van der Waals surface area contributed by atoms with Crippen molar-refractivity contribution in [2.45, 2.75) is 58.6 Å². The van der Waals surface area contributed by atoms with Crippen molar-refractivity contribution in [3.8, 4) is 5.75 Å². The summed E-state index contributed by atoms with van der Waals surface area (Å²) in [5.41, 5.74) is 3.93. The molecule has 0 radical (unpaired) electrons. The smallest absolute Gasteiger partial charge is 0.295 e. The lowest BCUT2D eigenvalue weighted by Crippen LogP contribution is -2.33. The van der Waals surface area contributed by atoms with Gasteiger partial charge in [-0.05, 0) is 81.3 Å². The first-order chi connectivity index (χ1) is 16.4. The number of likely N-dealkylation sites (tertiary alicyclic amines) is 1. The lowest BCUT2D eigenvalue weighted by molar-refractivity contribution is -0.140. The van der Waals surface area contributed by atoms with Crippen LogP contribution in [0.1, 0.15) is 61.9 Å². The normalized spacial score (nSPS) is 19.5. The van der Waals surface area contributed by atoms with Crippen LogP contribution in [0.15, 0.2) is 48.0 Å². The van der Waals surface area contributed by atoms with E-state index < -0.39 is 17.7 Å². The highest BCUT2D eigenvalue weighted by atomic mass is 16.5. The predicted molar refractivity (Wildman–Crippen MR) is 131 cm³/mol. The first-order valence-electron chi connectivity index (χ1n) is 12.2. The predicted octanol–water partition coefficient (Wildman–Crippen LogP) is 4.81. The van der Waals surface area contributed by atoms with Gasteiger partial charge in [-0.3, -0.25) is 9.59 Å². The Hall–Kier alpha value is -3.12. The van der Waals surface area contributed by atoms with E-state index >= 15 is 0 Å². The number of hydrogen-bond acceptors (Lipinski definition) is 5. The van der Waals surface area contributed by atoms with Gasteiger partial charge in [0.25, 0.3) is 11.7 Å². The third-order valence-electron chi connectivity index (χ3n) is 6.45. The number of fused-ring (bicyclic) bond motifs is 1. The monoisotopic (exact) mass is 463 g/mol. The van der Waals surface area contributed by atoms with Gasteiger partial charge in [0.05, 0.1) is 30.9 Å². The lowest BCUT2D eigenvalue weighted by atomic mass is 9.88. The molecule has 180 valence electrons. The molecular weight excluding hydrogens is 430 g/mol. The van der Waals surface area contributed by atoms with E-state index in [-0.39, 0.29) is 24.0 Å². The minimum Gasteiger partial charge on any atom is -0.507 e. The van der Waals surface area contributed by atoms with E-state index in [0.29, 0.717) is 24.5 Å². The molecule has 1 aliphatic carbocycles. The van der Waals surface area contributed by atoms with Crippen LogP contribution in [0.2, 0.25) is 0 Å². The molecule has 1 aliphatic heterocycles. The van der Waals surface area contributed by atoms with Gasteiger partial charge in [0.15, 0.2) is 0 Å². The summed E-state index contributed by atoms with van der Waals surface area (Å²) < 4.78 is 11.2. The van der Waals surface area contributed by atoms with Crippen LogP contribution in [0.25, 0.3) is 5.76 Å². The van der Waals surface area contributed by atoms with E-state index in [1.54, 1.807) is 0 Å². The molecule has 2 aromatic carbocycles. The zero-order valence-electron chi connectivity index (χ0n) is 20.2. The van der Waals surface area contributed by atoms with Crippen LogP contribution in [-0.2, 0) is 27.2 Å². The van der Waals surface area contributed by atoms with Crippen LogP contribution in [0, 0.1) is 0 Å². The summed E-state index contributed by atoms with van der Waals surface area (Å²) in [5, 5.41) is 11.3. The van der Waals surface area contributed by atoms with Crippen molar-refractivity contribution in [1.82, 2.24) is 4.90 Å². The fraction of sp³-hybridized carbons (Fsp3) is 0.429. The second-order valence-electron chi connectivity index (χ2n) is 9.10. The summed E-state index contributed by atoms with van der Waals surface area (Å²) in [7, 11) is 0. The fourth-order valence-electron chi connectivity index (χ4n) is 4.79. The molecule has 0 bridgehead atoms. The molecular formula is C28H33NO5. The van der Waals surface area contributed by atoms with E-state index in [9.17, 15) is 14.7 Å². The molecule has 1 atom stereocenters. The zero-order chi connectivity index (χ0) is 24.2. The van der Waals surface area contributed by atoms with E-state index in [1.165, 1.54) is 22.4 Å². The van der Waals surface area contributed by atoms with Crippen molar-refractivity contribution < 1.29 is 24.2 Å². The molecule has 0 saturated carbocycles. The molecule has 6 heteroatoms. The van der Waals surface area contributed by atoms with Gasteiger partial charge in [-0.25, -0.2) is 0 Å². The maximum atomic E-state index is 13.2. The molecule has 0 aromatic heterocycles. The third kappa shape index (κ3) is 4.87. The van der Waals surface area contributed by atoms with Crippen molar-refractivity contribution in [1.29, 1.82) is 0 Å². The quantitative estimate of drug-likeness (QED) is 0.345. The largest absolute Gasteiger partial charge is 0.507 e. The van der Waals surface area contributed by atoms with Crippen LogP contribution in [-0.4, -0.2) is 47.6 Å². The molecule has 4 rings (SSSR count). The summed E-state index contributed by atoms with van der Waals surface area (Å²) in [6.45, 7) is 6.86. The van der Waals surface area contributed by atoms with Crippen LogP contribution in [0.4, 0.5) is 0 Å². The second-order valence-corrected chi connectivity index (χ2v) is 9.10. The fourth-order valence-corrected chi connectivity index (χ4v) is 4.79. The van der Waals surface area contributed by atoms with Gasteiger partial charge >= 0.3 is 0 Å². The third-order valence-corrected chi connectivity index (χ3v) is 6.45. The number of hydrogen-bond donors (Lipinski definition) is 1. The second kappa shape index (κ2) is 10.4. The number of carbonyl (C=O) groups excluding carboxylic acids is 2. The minimum atomic E-state index is -0.692. The van der Waals surface area contributed by atoms with Gasteiger partial charge in [-0.15, -0.1) is 0 Å². The van der Waals surface area contributed by atoms with Crippen molar-refractivity contribution in [3.05, 3.63) is 70.3 Å². The number of ether oxygens (including phenoxy) is 2. The average Bonchev–Trinajstić information content (AvgIpc) is 3.09. The van der Waals surface area contributed by atoms with Crippen molar-refractivity contribution in [3.63, 3.8) is 0 Å². The summed E-state index contributed by atoms with van der Waals surface area (Å²) in [4.78, 5) is 27.8. The molecule has 2 aromatic rings. The summed E-state index contributed by atoms with van der Waals surface area (Å²) in [6, 6.07) is 12.5. The van der Waals surface area contributed by atoms with Crippen LogP contribution >= 0.6 is 0 Å². The number of aryl methyl sites for hydroxylation is 2. The number of carbonyl (C=O) groups is 2. The Kier molecular flexibility index (Phi) is 7.37. The Morgan fingerprint density at radius 1 is 1.06 bits per heavy atom. The molecule has 1 saturated heterocycles. The molecule has 0 spiro atoms.